The second-order valence-corrected chi connectivity index (χ2v) is 12.8. The molecule has 1 aliphatic rings. The zero-order valence-corrected chi connectivity index (χ0v) is 25.9. The van der Waals surface area contributed by atoms with Gasteiger partial charge in [-0.15, -0.1) is 0 Å². The topological polar surface area (TPSA) is 106 Å². The number of nitro groups is 1. The van der Waals surface area contributed by atoms with Crippen molar-refractivity contribution < 1.29 is 9.72 Å². The van der Waals surface area contributed by atoms with Gasteiger partial charge in [0.2, 0.25) is 5.78 Å². The van der Waals surface area contributed by atoms with Gasteiger partial charge in [-0.25, -0.2) is 9.38 Å². The van der Waals surface area contributed by atoms with E-state index in [0.717, 1.165) is 44.4 Å². The van der Waals surface area contributed by atoms with E-state index in [-0.39, 0.29) is 22.5 Å². The molecule has 0 unspecified atom stereocenters. The number of hydrogen-bond donors (Lipinski definition) is 0. The van der Waals surface area contributed by atoms with Gasteiger partial charge in [-0.1, -0.05) is 34.1 Å². The molecule has 10 heteroatoms. The van der Waals surface area contributed by atoms with E-state index >= 15 is 0 Å². The molecule has 10 nitrogen and oxygen atoms in total. The average Bonchev–Trinajstić information content (AvgIpc) is 3.29. The maximum Gasteiger partial charge on any atom is 0.270 e. The van der Waals surface area contributed by atoms with Crippen LogP contribution in [0.1, 0.15) is 76.6 Å². The predicted octanol–water partition coefficient (Wildman–Crippen LogP) is 6.12. The number of nitrogens with zero attached hydrogens (tertiary/aromatic N) is 6. The van der Waals surface area contributed by atoms with E-state index < -0.39 is 4.92 Å². The highest BCUT2D eigenvalue weighted by molar-refractivity contribution is 5.98. The predicted molar refractivity (Wildman–Crippen MR) is 171 cm³/mol. The molecule has 2 aromatic carbocycles. The molecule has 0 saturated carbocycles. The van der Waals surface area contributed by atoms with Crippen LogP contribution in [0.15, 0.2) is 41.2 Å². The summed E-state index contributed by atoms with van der Waals surface area (Å²) < 4.78 is 3.59. The van der Waals surface area contributed by atoms with Gasteiger partial charge in [0.05, 0.1) is 26.9 Å². The summed E-state index contributed by atoms with van der Waals surface area (Å²) in [7, 11) is 0. The van der Waals surface area contributed by atoms with Crippen molar-refractivity contribution in [1.82, 2.24) is 23.8 Å². The van der Waals surface area contributed by atoms with Gasteiger partial charge >= 0.3 is 0 Å². The van der Waals surface area contributed by atoms with Crippen molar-refractivity contribution >= 4 is 39.3 Å². The Bertz CT molecular complexity index is 1670. The third kappa shape index (κ3) is 6.74. The highest BCUT2D eigenvalue weighted by Gasteiger charge is 2.22. The Morgan fingerprint density at radius 2 is 1.65 bits per heavy atom. The first-order valence-electron chi connectivity index (χ1n) is 15.8. The Hall–Kier alpha value is -3.79. The average molecular weight is 589 g/mol. The van der Waals surface area contributed by atoms with E-state index in [1.165, 1.54) is 31.4 Å². The summed E-state index contributed by atoms with van der Waals surface area (Å²) >= 11 is 0. The maximum absolute atomic E-state index is 13.9. The smallest absolute Gasteiger partial charge is 0.270 e. The van der Waals surface area contributed by atoms with Crippen LogP contribution in [0, 0.1) is 22.0 Å². The SMILES string of the molecule is CC(C)CCN(CCC(C)C)C(=O)c1ccc2c(c1)n(CCCN1CCCCC1)c1nc3ccc([N+](=O)[O-])cc3c(=O)n21. The standard InChI is InChI=1S/C33H44N6O4/c1-23(2)13-19-36(20-14-24(3)4)31(40)25-9-12-29-30(21-25)37(18-8-17-35-15-6-5-7-16-35)33-34-28-11-10-26(39(42)43)22-27(28)32(41)38(29)33/h9-12,21-24H,5-8,13-20H2,1-4H3. The molecule has 0 radical (unpaired) electrons. The molecule has 43 heavy (non-hydrogen) atoms. The van der Waals surface area contributed by atoms with Crippen LogP contribution in [-0.2, 0) is 6.54 Å². The molecule has 4 aromatic rings. The van der Waals surface area contributed by atoms with Crippen molar-refractivity contribution in [2.45, 2.75) is 72.8 Å². The summed E-state index contributed by atoms with van der Waals surface area (Å²) in [5.74, 6) is 1.46. The number of non-ortho nitro benzene ring substituents is 1. The zero-order valence-electron chi connectivity index (χ0n) is 25.9. The summed E-state index contributed by atoms with van der Waals surface area (Å²) in [6, 6.07) is 9.75. The molecule has 3 heterocycles. The number of aryl methyl sites for hydroxylation is 1. The molecule has 230 valence electrons. The van der Waals surface area contributed by atoms with E-state index in [1.54, 1.807) is 16.5 Å². The number of benzene rings is 2. The molecule has 1 amide bonds. The van der Waals surface area contributed by atoms with E-state index in [4.69, 9.17) is 4.98 Å². The minimum atomic E-state index is -0.500. The van der Waals surface area contributed by atoms with Crippen LogP contribution in [-0.4, -0.2) is 67.3 Å². The summed E-state index contributed by atoms with van der Waals surface area (Å²) in [6.45, 7) is 13.9. The Kier molecular flexibility index (Phi) is 9.44. The molecule has 0 spiro atoms. The molecular formula is C33H44N6O4. The molecule has 2 aromatic heterocycles. The Morgan fingerprint density at radius 3 is 2.30 bits per heavy atom. The fraction of sp³-hybridized carbons (Fsp3) is 0.545. The summed E-state index contributed by atoms with van der Waals surface area (Å²) in [5, 5.41) is 11.6. The van der Waals surface area contributed by atoms with Crippen LogP contribution >= 0.6 is 0 Å². The van der Waals surface area contributed by atoms with Gasteiger partial charge in [-0.2, -0.15) is 0 Å². The number of hydrogen-bond acceptors (Lipinski definition) is 6. The van der Waals surface area contributed by atoms with Gasteiger partial charge in [0, 0.05) is 37.3 Å². The lowest BCUT2D eigenvalue weighted by Gasteiger charge is -2.26. The van der Waals surface area contributed by atoms with Crippen molar-refractivity contribution in [3.05, 3.63) is 62.4 Å². The maximum atomic E-state index is 13.9. The van der Waals surface area contributed by atoms with Gasteiger partial charge in [-0.05, 0) is 87.8 Å². The Morgan fingerprint density at radius 1 is 0.953 bits per heavy atom. The lowest BCUT2D eigenvalue weighted by Crippen LogP contribution is -2.34. The number of carbonyl (C=O) groups is 1. The normalized spacial score (nSPS) is 14.5. The van der Waals surface area contributed by atoms with Gasteiger partial charge in [0.15, 0.2) is 0 Å². The monoisotopic (exact) mass is 588 g/mol. The first kappa shape index (κ1) is 30.7. The minimum Gasteiger partial charge on any atom is -0.339 e. The fourth-order valence-corrected chi connectivity index (χ4v) is 6.02. The van der Waals surface area contributed by atoms with Crippen LogP contribution < -0.4 is 5.56 Å². The number of aromatic nitrogens is 3. The molecule has 0 atom stereocenters. The van der Waals surface area contributed by atoms with E-state index in [0.29, 0.717) is 53.8 Å². The van der Waals surface area contributed by atoms with Gasteiger partial charge in [0.25, 0.3) is 17.2 Å². The van der Waals surface area contributed by atoms with Crippen molar-refractivity contribution in [3.63, 3.8) is 0 Å². The molecule has 5 rings (SSSR count). The van der Waals surface area contributed by atoms with Gasteiger partial charge < -0.3 is 14.4 Å². The molecule has 0 bridgehead atoms. The van der Waals surface area contributed by atoms with Gasteiger partial charge in [-0.3, -0.25) is 19.7 Å². The zero-order chi connectivity index (χ0) is 30.7. The minimum absolute atomic E-state index is 0.00517. The van der Waals surface area contributed by atoms with E-state index in [1.807, 2.05) is 21.6 Å². The molecule has 1 aliphatic heterocycles. The summed E-state index contributed by atoms with van der Waals surface area (Å²) in [4.78, 5) is 48.0. The molecule has 0 N–H and O–H groups in total. The summed E-state index contributed by atoms with van der Waals surface area (Å²) in [6.07, 6.45) is 6.46. The van der Waals surface area contributed by atoms with E-state index in [9.17, 15) is 19.7 Å². The number of piperidine rings is 1. The highest BCUT2D eigenvalue weighted by Crippen LogP contribution is 2.25. The van der Waals surface area contributed by atoms with Crippen molar-refractivity contribution in [3.8, 4) is 0 Å². The number of likely N-dealkylation sites (tertiary alicyclic amines) is 1. The Balaban J connectivity index is 1.60. The van der Waals surface area contributed by atoms with Crippen LogP contribution in [0.2, 0.25) is 0 Å². The van der Waals surface area contributed by atoms with Crippen LogP contribution in [0.4, 0.5) is 5.69 Å². The van der Waals surface area contributed by atoms with Gasteiger partial charge in [0.1, 0.15) is 0 Å². The molecule has 1 saturated heterocycles. The third-order valence-electron chi connectivity index (χ3n) is 8.59. The van der Waals surface area contributed by atoms with Crippen LogP contribution in [0.3, 0.4) is 0 Å². The van der Waals surface area contributed by atoms with E-state index in [2.05, 4.69) is 32.6 Å². The van der Waals surface area contributed by atoms with Crippen molar-refractivity contribution in [2.24, 2.45) is 11.8 Å². The largest absolute Gasteiger partial charge is 0.339 e. The lowest BCUT2D eigenvalue weighted by molar-refractivity contribution is -0.384. The van der Waals surface area contributed by atoms with Crippen molar-refractivity contribution in [2.75, 3.05) is 32.7 Å². The molecule has 0 aliphatic carbocycles. The number of amides is 1. The quantitative estimate of drug-likeness (QED) is 0.146. The number of fused-ring (bicyclic) bond motifs is 4. The number of nitro benzene ring substituents is 1. The number of rotatable bonds is 12. The van der Waals surface area contributed by atoms with Crippen LogP contribution in [0.25, 0.3) is 27.7 Å². The highest BCUT2D eigenvalue weighted by atomic mass is 16.6. The molecule has 1 fully saturated rings. The fourth-order valence-electron chi connectivity index (χ4n) is 6.02. The first-order chi connectivity index (χ1) is 20.6. The lowest BCUT2D eigenvalue weighted by atomic mass is 10.1. The van der Waals surface area contributed by atoms with Crippen molar-refractivity contribution in [1.29, 1.82) is 0 Å². The molecular weight excluding hydrogens is 544 g/mol. The van der Waals surface area contributed by atoms with Crippen LogP contribution in [0.5, 0.6) is 0 Å². The Labute approximate surface area is 252 Å². The second-order valence-electron chi connectivity index (χ2n) is 12.8. The number of carbonyl (C=O) groups excluding carboxylic acids is 1. The third-order valence-corrected chi connectivity index (χ3v) is 8.59. The second kappa shape index (κ2) is 13.2. The summed E-state index contributed by atoms with van der Waals surface area (Å²) in [5.41, 5.74) is 1.93. The first-order valence-corrected chi connectivity index (χ1v) is 15.8. The number of imidazole rings is 1.